The van der Waals surface area contributed by atoms with Gasteiger partial charge in [0.15, 0.2) is 19.0 Å². The van der Waals surface area contributed by atoms with Gasteiger partial charge in [-0.05, 0) is 18.2 Å². The molecule has 120 valence electrons. The average molecular weight is 319 g/mol. The number of carbonyl (C=O) groups is 3. The first-order valence-corrected chi connectivity index (χ1v) is 6.85. The maximum absolute atomic E-state index is 12.1. The first-order valence-electron chi connectivity index (χ1n) is 6.85. The smallest absolute Gasteiger partial charge is 0.377 e. The normalized spacial score (nSPS) is 15.8. The number of rotatable bonds is 4. The first-order chi connectivity index (χ1) is 11.1. The van der Waals surface area contributed by atoms with Gasteiger partial charge < -0.3 is 24.3 Å². The predicted molar refractivity (Wildman–Crippen MR) is 75.8 cm³/mol. The van der Waals surface area contributed by atoms with Gasteiger partial charge in [0.1, 0.15) is 25.2 Å². The fourth-order valence-corrected chi connectivity index (χ4v) is 2.02. The summed E-state index contributed by atoms with van der Waals surface area (Å²) in [5.41, 5.74) is 0.697. The van der Waals surface area contributed by atoms with E-state index in [0.29, 0.717) is 18.0 Å². The summed E-state index contributed by atoms with van der Waals surface area (Å²) >= 11 is 0. The van der Waals surface area contributed by atoms with Gasteiger partial charge in [-0.2, -0.15) is 0 Å². The summed E-state index contributed by atoms with van der Waals surface area (Å²) in [5.74, 6) is -1.08. The molecule has 0 unspecified atom stereocenters. The first kappa shape index (κ1) is 14.9. The van der Waals surface area contributed by atoms with Crippen LogP contribution in [0.1, 0.15) is 10.4 Å². The van der Waals surface area contributed by atoms with Crippen molar-refractivity contribution in [3.05, 3.63) is 35.8 Å². The largest absolute Gasteiger partial charge is 0.493 e. The molecule has 1 N–H and O–H groups in total. The summed E-state index contributed by atoms with van der Waals surface area (Å²) in [6, 6.07) is 4.58. The number of anilines is 1. The topological polar surface area (TPSA) is 100 Å². The highest BCUT2D eigenvalue weighted by Crippen LogP contribution is 2.28. The number of carbonyl (C=O) groups excluding carboxylic acids is 3. The number of hydrogen-bond donors (Lipinski definition) is 1. The van der Waals surface area contributed by atoms with Crippen LogP contribution in [0.15, 0.2) is 30.2 Å². The SMILES string of the molecule is O=C1COc2ccc(C(=O)COC(=O)C3=COCCO3)cc2N1. The molecule has 0 fully saturated rings. The Kier molecular flexibility index (Phi) is 4.13. The Labute approximate surface area is 131 Å². The molecule has 8 nitrogen and oxygen atoms in total. The third-order valence-electron chi connectivity index (χ3n) is 3.12. The van der Waals surface area contributed by atoms with E-state index in [1.807, 2.05) is 0 Å². The Morgan fingerprint density at radius 2 is 2.09 bits per heavy atom. The lowest BCUT2D eigenvalue weighted by Gasteiger charge is -2.18. The van der Waals surface area contributed by atoms with Gasteiger partial charge in [0, 0.05) is 5.56 Å². The Hall–Kier alpha value is -3.03. The van der Waals surface area contributed by atoms with E-state index >= 15 is 0 Å². The molecule has 0 bridgehead atoms. The Balaban J connectivity index is 1.62. The summed E-state index contributed by atoms with van der Waals surface area (Å²) in [5, 5.41) is 2.60. The number of fused-ring (bicyclic) bond motifs is 1. The molecule has 0 saturated carbocycles. The van der Waals surface area contributed by atoms with Crippen LogP contribution < -0.4 is 10.1 Å². The van der Waals surface area contributed by atoms with Gasteiger partial charge in [-0.25, -0.2) is 4.79 Å². The quantitative estimate of drug-likeness (QED) is 0.642. The van der Waals surface area contributed by atoms with Crippen LogP contribution in [0.4, 0.5) is 5.69 Å². The number of nitrogens with one attached hydrogen (secondary N) is 1. The summed E-state index contributed by atoms with van der Waals surface area (Å²) in [6.45, 7) is 0.0975. The van der Waals surface area contributed by atoms with Crippen molar-refractivity contribution in [1.29, 1.82) is 0 Å². The molecule has 0 radical (unpaired) electrons. The lowest BCUT2D eigenvalue weighted by molar-refractivity contribution is -0.143. The van der Waals surface area contributed by atoms with E-state index in [-0.39, 0.29) is 30.4 Å². The van der Waals surface area contributed by atoms with E-state index in [1.165, 1.54) is 12.1 Å². The zero-order valence-electron chi connectivity index (χ0n) is 12.0. The fraction of sp³-hybridized carbons (Fsp3) is 0.267. The summed E-state index contributed by atoms with van der Waals surface area (Å²) in [6.07, 6.45) is 1.15. The van der Waals surface area contributed by atoms with Crippen molar-refractivity contribution in [3.63, 3.8) is 0 Å². The number of esters is 1. The molecule has 1 aromatic carbocycles. The van der Waals surface area contributed by atoms with Gasteiger partial charge in [-0.3, -0.25) is 9.59 Å². The maximum Gasteiger partial charge on any atom is 0.377 e. The second kappa shape index (κ2) is 6.39. The summed E-state index contributed by atoms with van der Waals surface area (Å²) in [7, 11) is 0. The molecule has 0 atom stereocenters. The van der Waals surface area contributed by atoms with Crippen molar-refractivity contribution in [3.8, 4) is 5.75 Å². The number of benzene rings is 1. The van der Waals surface area contributed by atoms with E-state index in [4.69, 9.17) is 18.9 Å². The molecule has 8 heteroatoms. The molecule has 2 aliphatic rings. The fourth-order valence-electron chi connectivity index (χ4n) is 2.02. The van der Waals surface area contributed by atoms with E-state index in [2.05, 4.69) is 5.32 Å². The molecule has 2 heterocycles. The van der Waals surface area contributed by atoms with Crippen molar-refractivity contribution in [1.82, 2.24) is 0 Å². The average Bonchev–Trinajstić information content (AvgIpc) is 2.59. The Morgan fingerprint density at radius 3 is 2.87 bits per heavy atom. The number of ketones is 1. The van der Waals surface area contributed by atoms with Crippen molar-refractivity contribution in [2.24, 2.45) is 0 Å². The van der Waals surface area contributed by atoms with E-state index < -0.39 is 18.4 Å². The van der Waals surface area contributed by atoms with E-state index in [9.17, 15) is 14.4 Å². The van der Waals surface area contributed by atoms with Crippen molar-refractivity contribution in [2.75, 3.05) is 31.7 Å². The zero-order chi connectivity index (χ0) is 16.2. The monoisotopic (exact) mass is 319 g/mol. The molecular formula is C15H13NO7. The van der Waals surface area contributed by atoms with Gasteiger partial charge in [0.05, 0.1) is 5.69 Å². The predicted octanol–water partition coefficient (Wildman–Crippen LogP) is 0.632. The Bertz CT molecular complexity index is 695. The van der Waals surface area contributed by atoms with Crippen LogP contribution in [-0.2, 0) is 23.8 Å². The van der Waals surface area contributed by atoms with Gasteiger partial charge in [0.2, 0.25) is 5.76 Å². The van der Waals surface area contributed by atoms with Gasteiger partial charge in [-0.1, -0.05) is 0 Å². The second-order valence-electron chi connectivity index (χ2n) is 4.75. The van der Waals surface area contributed by atoms with Crippen molar-refractivity contribution < 1.29 is 33.3 Å². The van der Waals surface area contributed by atoms with Crippen LogP contribution in [0.3, 0.4) is 0 Å². The van der Waals surface area contributed by atoms with Gasteiger partial charge in [0.25, 0.3) is 5.91 Å². The molecule has 1 amide bonds. The molecule has 1 aromatic rings. The van der Waals surface area contributed by atoms with Crippen LogP contribution in [0.2, 0.25) is 0 Å². The van der Waals surface area contributed by atoms with Crippen LogP contribution >= 0.6 is 0 Å². The summed E-state index contributed by atoms with van der Waals surface area (Å²) < 4.78 is 20.1. The van der Waals surface area contributed by atoms with E-state index in [0.717, 1.165) is 6.26 Å². The number of ether oxygens (including phenoxy) is 4. The van der Waals surface area contributed by atoms with Crippen LogP contribution in [0.25, 0.3) is 0 Å². The molecular weight excluding hydrogens is 306 g/mol. The maximum atomic E-state index is 12.1. The highest BCUT2D eigenvalue weighted by atomic mass is 16.6. The van der Waals surface area contributed by atoms with Gasteiger partial charge in [-0.15, -0.1) is 0 Å². The highest BCUT2D eigenvalue weighted by molar-refractivity contribution is 6.02. The van der Waals surface area contributed by atoms with Gasteiger partial charge >= 0.3 is 5.97 Å². The number of Topliss-reactive ketones (excluding diaryl/α,β-unsaturated/α-hetero) is 1. The highest BCUT2D eigenvalue weighted by Gasteiger charge is 2.20. The van der Waals surface area contributed by atoms with Crippen molar-refractivity contribution in [2.45, 2.75) is 0 Å². The zero-order valence-corrected chi connectivity index (χ0v) is 12.0. The van der Waals surface area contributed by atoms with Crippen LogP contribution in [-0.4, -0.2) is 44.1 Å². The minimum Gasteiger partial charge on any atom is -0.493 e. The third kappa shape index (κ3) is 3.42. The van der Waals surface area contributed by atoms with Crippen molar-refractivity contribution >= 4 is 23.3 Å². The molecule has 3 rings (SSSR count). The lowest BCUT2D eigenvalue weighted by atomic mass is 10.1. The molecule has 2 aliphatic heterocycles. The number of amides is 1. The molecule has 0 aromatic heterocycles. The number of hydrogen-bond acceptors (Lipinski definition) is 7. The minimum absolute atomic E-state index is 0.0604. The standard InChI is InChI=1S/C15H13NO7/c17-11(6-23-15(19)13-7-20-3-4-21-13)9-1-2-12-10(5-9)16-14(18)8-22-12/h1-2,5,7H,3-4,6,8H2,(H,16,18). The molecule has 0 aliphatic carbocycles. The molecule has 23 heavy (non-hydrogen) atoms. The van der Waals surface area contributed by atoms with E-state index in [1.54, 1.807) is 6.07 Å². The summed E-state index contributed by atoms with van der Waals surface area (Å²) in [4.78, 5) is 35.0. The molecule has 0 spiro atoms. The second-order valence-corrected chi connectivity index (χ2v) is 4.75. The minimum atomic E-state index is -0.771. The van der Waals surface area contributed by atoms with Crippen LogP contribution in [0, 0.1) is 0 Å². The Morgan fingerprint density at radius 1 is 1.22 bits per heavy atom. The third-order valence-corrected chi connectivity index (χ3v) is 3.12. The molecule has 0 saturated heterocycles. The van der Waals surface area contributed by atoms with Crippen LogP contribution in [0.5, 0.6) is 5.75 Å². The lowest BCUT2D eigenvalue weighted by Crippen LogP contribution is -2.25.